The quantitative estimate of drug-likeness (QED) is 0.862. The fourth-order valence-electron chi connectivity index (χ4n) is 3.44. The van der Waals surface area contributed by atoms with Gasteiger partial charge in [0.05, 0.1) is 10.7 Å². The molecule has 0 aromatic carbocycles. The van der Waals surface area contributed by atoms with Crippen LogP contribution in [-0.4, -0.2) is 44.7 Å². The Morgan fingerprint density at radius 3 is 2.73 bits per heavy atom. The predicted octanol–water partition coefficient (Wildman–Crippen LogP) is 3.16. The summed E-state index contributed by atoms with van der Waals surface area (Å²) in [5.41, 5.74) is 8.01. The van der Waals surface area contributed by atoms with E-state index in [1.54, 1.807) is 16.8 Å². The number of carbonyl (C=O) groups excluding carboxylic acids is 1. The molecule has 8 heteroatoms. The van der Waals surface area contributed by atoms with Crippen molar-refractivity contribution in [2.75, 3.05) is 13.1 Å². The first-order valence-electron chi connectivity index (χ1n) is 8.62. The van der Waals surface area contributed by atoms with E-state index in [1.807, 2.05) is 24.8 Å². The molecule has 1 fully saturated rings. The Labute approximate surface area is 165 Å². The molecule has 2 N–H and O–H groups in total. The maximum Gasteiger partial charge on any atom is 0.274 e. The van der Waals surface area contributed by atoms with Gasteiger partial charge in [-0.3, -0.25) is 4.79 Å². The first-order chi connectivity index (χ1) is 11.9. The van der Waals surface area contributed by atoms with Gasteiger partial charge in [-0.15, -0.1) is 12.4 Å². The van der Waals surface area contributed by atoms with Crippen molar-refractivity contribution in [3.63, 3.8) is 0 Å². The predicted molar refractivity (Wildman–Crippen MR) is 105 cm³/mol. The van der Waals surface area contributed by atoms with Gasteiger partial charge in [0.15, 0.2) is 5.82 Å². The van der Waals surface area contributed by atoms with Crippen LogP contribution in [0.3, 0.4) is 0 Å². The average molecular weight is 398 g/mol. The first kappa shape index (κ1) is 20.7. The van der Waals surface area contributed by atoms with Crippen molar-refractivity contribution in [3.8, 4) is 5.82 Å². The lowest BCUT2D eigenvalue weighted by molar-refractivity contribution is 0.0567. The lowest BCUT2D eigenvalue weighted by atomic mass is 9.92. The van der Waals surface area contributed by atoms with Gasteiger partial charge in [0.1, 0.15) is 5.69 Å². The number of aromatic nitrogens is 3. The number of pyridine rings is 1. The molecule has 2 aromatic rings. The highest BCUT2D eigenvalue weighted by atomic mass is 35.5. The second-order valence-corrected chi connectivity index (χ2v) is 7.26. The molecule has 3 heterocycles. The van der Waals surface area contributed by atoms with Gasteiger partial charge in [-0.05, 0) is 50.8 Å². The molecule has 3 rings (SSSR count). The van der Waals surface area contributed by atoms with Crippen LogP contribution in [-0.2, 0) is 0 Å². The zero-order chi connectivity index (χ0) is 18.1. The molecule has 1 aliphatic rings. The normalized spacial score (nSPS) is 20.0. The molecular weight excluding hydrogens is 373 g/mol. The van der Waals surface area contributed by atoms with Crippen LogP contribution in [0.5, 0.6) is 0 Å². The van der Waals surface area contributed by atoms with Crippen LogP contribution in [0.4, 0.5) is 0 Å². The molecule has 6 nitrogen and oxygen atoms in total. The summed E-state index contributed by atoms with van der Waals surface area (Å²) < 4.78 is 1.72. The summed E-state index contributed by atoms with van der Waals surface area (Å²) in [5, 5.41) is 4.78. The molecule has 1 amide bonds. The summed E-state index contributed by atoms with van der Waals surface area (Å²) in [7, 11) is 0. The van der Waals surface area contributed by atoms with Crippen LogP contribution >= 0.6 is 24.0 Å². The fraction of sp³-hybridized carbons (Fsp3) is 0.500. The molecule has 26 heavy (non-hydrogen) atoms. The summed E-state index contributed by atoms with van der Waals surface area (Å²) in [4.78, 5) is 19.4. The van der Waals surface area contributed by atoms with E-state index in [1.165, 1.54) is 0 Å². The third-order valence-corrected chi connectivity index (χ3v) is 5.08. The van der Waals surface area contributed by atoms with E-state index in [0.29, 0.717) is 29.8 Å². The lowest BCUT2D eigenvalue weighted by Crippen LogP contribution is -2.49. The number of halogens is 2. The summed E-state index contributed by atoms with van der Waals surface area (Å²) in [6.07, 6.45) is 1.88. The van der Waals surface area contributed by atoms with Gasteiger partial charge in [-0.2, -0.15) is 5.10 Å². The van der Waals surface area contributed by atoms with Crippen LogP contribution in [0, 0.1) is 19.8 Å². The maximum absolute atomic E-state index is 13.1. The highest BCUT2D eigenvalue weighted by Gasteiger charge is 2.31. The van der Waals surface area contributed by atoms with Crippen molar-refractivity contribution in [3.05, 3.63) is 40.3 Å². The zero-order valence-corrected chi connectivity index (χ0v) is 16.8. The summed E-state index contributed by atoms with van der Waals surface area (Å²) in [6.45, 7) is 7.20. The van der Waals surface area contributed by atoms with Crippen LogP contribution in [0.1, 0.15) is 41.6 Å². The van der Waals surface area contributed by atoms with E-state index in [-0.39, 0.29) is 30.0 Å². The lowest BCUT2D eigenvalue weighted by Gasteiger charge is -2.37. The number of rotatable bonds is 3. The SMILES string of the molecule is Cc1cc(C)n(-c2ccc(Cl)c(C(=O)N3CCC(C)CC3CN)n2)n1.Cl. The minimum absolute atomic E-state index is 0. The van der Waals surface area contributed by atoms with Gasteiger partial charge < -0.3 is 10.6 Å². The van der Waals surface area contributed by atoms with Crippen molar-refractivity contribution in [2.24, 2.45) is 11.7 Å². The van der Waals surface area contributed by atoms with Crippen LogP contribution < -0.4 is 5.73 Å². The summed E-state index contributed by atoms with van der Waals surface area (Å²) in [5.74, 6) is 1.01. The standard InChI is InChI=1S/C18H24ClN5O.ClH/c1-11-6-7-23(14(8-11)10-20)18(25)17-15(19)4-5-16(21-17)24-13(3)9-12(2)22-24;/h4-5,9,11,14H,6-8,10,20H2,1-3H3;1H. The van der Waals surface area contributed by atoms with Crippen molar-refractivity contribution in [2.45, 2.75) is 39.7 Å². The van der Waals surface area contributed by atoms with Gasteiger partial charge >= 0.3 is 0 Å². The van der Waals surface area contributed by atoms with E-state index in [9.17, 15) is 4.79 Å². The third kappa shape index (κ3) is 4.03. The molecule has 0 aliphatic carbocycles. The smallest absolute Gasteiger partial charge is 0.274 e. The second-order valence-electron chi connectivity index (χ2n) is 6.86. The number of aryl methyl sites for hydroxylation is 2. The number of amides is 1. The van der Waals surface area contributed by atoms with Gasteiger partial charge in [0.25, 0.3) is 5.91 Å². The maximum atomic E-state index is 13.1. The Morgan fingerprint density at radius 1 is 1.38 bits per heavy atom. The molecule has 0 saturated carbocycles. The number of piperidine rings is 1. The van der Waals surface area contributed by atoms with Crippen molar-refractivity contribution < 1.29 is 4.79 Å². The second kappa shape index (κ2) is 8.37. The Bertz CT molecular complexity index is 792. The molecule has 2 unspecified atom stereocenters. The van der Waals surface area contributed by atoms with E-state index >= 15 is 0 Å². The molecule has 142 valence electrons. The van der Waals surface area contributed by atoms with Crippen LogP contribution in [0.25, 0.3) is 5.82 Å². The van der Waals surface area contributed by atoms with Gasteiger partial charge in [0, 0.05) is 24.8 Å². The Morgan fingerprint density at radius 2 is 2.12 bits per heavy atom. The molecule has 0 spiro atoms. The molecule has 2 atom stereocenters. The highest BCUT2D eigenvalue weighted by molar-refractivity contribution is 6.33. The molecule has 1 aliphatic heterocycles. The van der Waals surface area contributed by atoms with E-state index in [2.05, 4.69) is 17.0 Å². The number of nitrogens with two attached hydrogens (primary N) is 1. The molecule has 0 radical (unpaired) electrons. The average Bonchev–Trinajstić information content (AvgIpc) is 2.93. The molecule has 2 aromatic heterocycles. The van der Waals surface area contributed by atoms with Gasteiger partial charge in [-0.25, -0.2) is 9.67 Å². The van der Waals surface area contributed by atoms with Gasteiger partial charge in [0.2, 0.25) is 0 Å². The number of carbonyl (C=O) groups is 1. The van der Waals surface area contributed by atoms with Crippen molar-refractivity contribution >= 4 is 29.9 Å². The number of hydrogen-bond donors (Lipinski definition) is 1. The minimum Gasteiger partial charge on any atom is -0.333 e. The van der Waals surface area contributed by atoms with E-state index in [0.717, 1.165) is 24.2 Å². The topological polar surface area (TPSA) is 77.0 Å². The number of likely N-dealkylation sites (tertiary alicyclic amines) is 1. The first-order valence-corrected chi connectivity index (χ1v) is 8.99. The largest absolute Gasteiger partial charge is 0.333 e. The highest BCUT2D eigenvalue weighted by Crippen LogP contribution is 2.26. The van der Waals surface area contributed by atoms with Crippen molar-refractivity contribution in [1.82, 2.24) is 19.7 Å². The van der Waals surface area contributed by atoms with E-state index < -0.39 is 0 Å². The van der Waals surface area contributed by atoms with Gasteiger partial charge in [-0.1, -0.05) is 18.5 Å². The van der Waals surface area contributed by atoms with Crippen LogP contribution in [0.2, 0.25) is 5.02 Å². The zero-order valence-electron chi connectivity index (χ0n) is 15.3. The van der Waals surface area contributed by atoms with Crippen molar-refractivity contribution in [1.29, 1.82) is 0 Å². The minimum atomic E-state index is -0.157. The van der Waals surface area contributed by atoms with E-state index in [4.69, 9.17) is 17.3 Å². The Balaban J connectivity index is 0.00000243. The Kier molecular flexibility index (Phi) is 6.66. The molecular formula is C18H25Cl2N5O. The van der Waals surface area contributed by atoms with Crippen LogP contribution in [0.15, 0.2) is 18.2 Å². The fourth-order valence-corrected chi connectivity index (χ4v) is 3.63. The molecule has 0 bridgehead atoms. The third-order valence-electron chi connectivity index (χ3n) is 4.77. The summed E-state index contributed by atoms with van der Waals surface area (Å²) >= 11 is 6.29. The number of nitrogens with zero attached hydrogens (tertiary/aromatic N) is 4. The molecule has 1 saturated heterocycles. The monoisotopic (exact) mass is 397 g/mol. The number of hydrogen-bond acceptors (Lipinski definition) is 4. The summed E-state index contributed by atoms with van der Waals surface area (Å²) in [6, 6.07) is 5.48. The Hall–Kier alpha value is -1.63.